The fourth-order valence-electron chi connectivity index (χ4n) is 3.17. The molecule has 4 heterocycles. The number of aromatic nitrogens is 5. The van der Waals surface area contributed by atoms with Gasteiger partial charge in [0.25, 0.3) is 0 Å². The van der Waals surface area contributed by atoms with E-state index in [1.54, 1.807) is 36.4 Å². The molecule has 4 aromatic heterocycles. The van der Waals surface area contributed by atoms with Crippen molar-refractivity contribution < 1.29 is 17.6 Å². The molecule has 0 fully saturated rings. The molecule has 0 atom stereocenters. The zero-order valence-electron chi connectivity index (χ0n) is 16.9. The fraction of sp³-hybridized carbons (Fsp3) is 0.182. The zero-order valence-corrected chi connectivity index (χ0v) is 17.7. The Balaban J connectivity index is 1.71. The maximum Gasteiger partial charge on any atom is 0.435 e. The van der Waals surface area contributed by atoms with Gasteiger partial charge < -0.3 is 0 Å². The van der Waals surface area contributed by atoms with Gasteiger partial charge in [0.15, 0.2) is 11.5 Å². The minimum atomic E-state index is -4.54. The molecular weight excluding hydrogens is 446 g/mol. The number of halogens is 5. The van der Waals surface area contributed by atoms with Crippen LogP contribution in [0.1, 0.15) is 30.9 Å². The summed E-state index contributed by atoms with van der Waals surface area (Å²) in [5.74, 6) is -0.505. The van der Waals surface area contributed by atoms with Crippen LogP contribution in [-0.2, 0) is 11.6 Å². The molecular formula is C22H16ClF4N5. The molecule has 0 bridgehead atoms. The van der Waals surface area contributed by atoms with Gasteiger partial charge in [-0.05, 0) is 56.3 Å². The number of pyridine rings is 3. The van der Waals surface area contributed by atoms with Gasteiger partial charge in [-0.1, -0.05) is 23.7 Å². The Morgan fingerprint density at radius 3 is 2.16 bits per heavy atom. The molecule has 0 aliphatic rings. The second-order valence-electron chi connectivity index (χ2n) is 7.53. The highest BCUT2D eigenvalue weighted by atomic mass is 35.5. The highest BCUT2D eigenvalue weighted by Gasteiger charge is 2.34. The molecule has 0 aromatic carbocycles. The van der Waals surface area contributed by atoms with Crippen LogP contribution in [0.2, 0.25) is 5.15 Å². The van der Waals surface area contributed by atoms with E-state index in [-0.39, 0.29) is 16.5 Å². The molecule has 10 heteroatoms. The maximum absolute atomic E-state index is 14.3. The molecule has 0 amide bonds. The third kappa shape index (κ3) is 4.20. The highest BCUT2D eigenvalue weighted by Crippen LogP contribution is 2.32. The fourth-order valence-corrected chi connectivity index (χ4v) is 3.31. The second kappa shape index (κ2) is 7.98. The van der Waals surface area contributed by atoms with E-state index in [1.165, 1.54) is 18.3 Å². The van der Waals surface area contributed by atoms with E-state index in [0.29, 0.717) is 17.1 Å². The quantitative estimate of drug-likeness (QED) is 0.282. The summed E-state index contributed by atoms with van der Waals surface area (Å²) >= 11 is 5.73. The summed E-state index contributed by atoms with van der Waals surface area (Å²) in [7, 11) is 0. The van der Waals surface area contributed by atoms with Gasteiger partial charge in [-0.15, -0.1) is 0 Å². The van der Waals surface area contributed by atoms with Crippen LogP contribution in [0.3, 0.4) is 0 Å². The van der Waals surface area contributed by atoms with E-state index < -0.39 is 23.2 Å². The summed E-state index contributed by atoms with van der Waals surface area (Å²) in [6.45, 7) is 3.73. The van der Waals surface area contributed by atoms with Crippen LogP contribution in [0.4, 0.5) is 17.6 Å². The van der Waals surface area contributed by atoms with Crippen molar-refractivity contribution >= 4 is 11.6 Å². The van der Waals surface area contributed by atoms with Crippen LogP contribution in [-0.4, -0.2) is 24.7 Å². The van der Waals surface area contributed by atoms with Crippen LogP contribution in [0.15, 0.2) is 60.8 Å². The minimum Gasteiger partial charge on any atom is -0.252 e. The van der Waals surface area contributed by atoms with Crippen LogP contribution < -0.4 is 0 Å². The molecule has 0 saturated carbocycles. The van der Waals surface area contributed by atoms with Crippen LogP contribution >= 0.6 is 11.6 Å². The summed E-state index contributed by atoms with van der Waals surface area (Å²) in [5.41, 5.74) is -0.0383. The SMILES string of the molecule is CC(C)(c1cccc(-c2ccc(Cl)nc2F)n1)c1cccc(-n2ccc(C(F)(F)F)n2)n1. The van der Waals surface area contributed by atoms with Gasteiger partial charge in [0, 0.05) is 11.6 Å². The van der Waals surface area contributed by atoms with Crippen molar-refractivity contribution in [3.63, 3.8) is 0 Å². The van der Waals surface area contributed by atoms with Gasteiger partial charge in [0.1, 0.15) is 5.15 Å². The zero-order chi connectivity index (χ0) is 23.1. The second-order valence-corrected chi connectivity index (χ2v) is 7.92. The summed E-state index contributed by atoms with van der Waals surface area (Å²) in [5, 5.41) is 3.61. The van der Waals surface area contributed by atoms with Gasteiger partial charge in [0.2, 0.25) is 5.95 Å². The van der Waals surface area contributed by atoms with Crippen LogP contribution in [0.25, 0.3) is 17.1 Å². The first kappa shape index (κ1) is 21.9. The van der Waals surface area contributed by atoms with Crippen LogP contribution in [0, 0.1) is 5.95 Å². The number of hydrogen-bond donors (Lipinski definition) is 0. The Morgan fingerprint density at radius 2 is 1.50 bits per heavy atom. The Labute approximate surface area is 185 Å². The topological polar surface area (TPSA) is 56.5 Å². The molecule has 0 unspecified atom stereocenters. The number of alkyl halides is 3. The van der Waals surface area contributed by atoms with Crippen molar-refractivity contribution in [2.75, 3.05) is 0 Å². The van der Waals surface area contributed by atoms with Crippen LogP contribution in [0.5, 0.6) is 0 Å². The monoisotopic (exact) mass is 461 g/mol. The Hall–Kier alpha value is -3.33. The molecule has 5 nitrogen and oxygen atoms in total. The summed E-state index contributed by atoms with van der Waals surface area (Å²) < 4.78 is 54.0. The van der Waals surface area contributed by atoms with E-state index in [1.807, 2.05) is 13.8 Å². The molecule has 0 aliphatic heterocycles. The highest BCUT2D eigenvalue weighted by molar-refractivity contribution is 6.29. The summed E-state index contributed by atoms with van der Waals surface area (Å²) in [4.78, 5) is 12.7. The van der Waals surface area contributed by atoms with E-state index in [9.17, 15) is 17.6 Å². The Bertz CT molecular complexity index is 1280. The van der Waals surface area contributed by atoms with E-state index >= 15 is 0 Å². The lowest BCUT2D eigenvalue weighted by atomic mass is 9.84. The number of nitrogens with zero attached hydrogens (tertiary/aromatic N) is 5. The Kier molecular flexibility index (Phi) is 5.46. The third-order valence-electron chi connectivity index (χ3n) is 4.97. The predicted molar refractivity (Wildman–Crippen MR) is 111 cm³/mol. The van der Waals surface area contributed by atoms with E-state index in [0.717, 1.165) is 10.7 Å². The smallest absolute Gasteiger partial charge is 0.252 e. The molecule has 0 radical (unpaired) electrons. The van der Waals surface area contributed by atoms with E-state index in [2.05, 4.69) is 20.1 Å². The lowest BCUT2D eigenvalue weighted by Crippen LogP contribution is -2.23. The lowest BCUT2D eigenvalue weighted by molar-refractivity contribution is -0.141. The number of hydrogen-bond acceptors (Lipinski definition) is 4. The average Bonchev–Trinajstić information content (AvgIpc) is 3.25. The first-order valence-electron chi connectivity index (χ1n) is 9.46. The summed E-state index contributed by atoms with van der Waals surface area (Å²) in [6, 6.07) is 14.0. The Morgan fingerprint density at radius 1 is 0.812 bits per heavy atom. The molecule has 164 valence electrons. The van der Waals surface area contributed by atoms with Gasteiger partial charge in [-0.25, -0.2) is 14.6 Å². The third-order valence-corrected chi connectivity index (χ3v) is 5.18. The summed E-state index contributed by atoms with van der Waals surface area (Å²) in [6.07, 6.45) is -3.34. The molecule has 0 saturated heterocycles. The van der Waals surface area contributed by atoms with Crippen molar-refractivity contribution in [3.8, 4) is 17.1 Å². The molecule has 0 N–H and O–H groups in total. The van der Waals surface area contributed by atoms with Crippen molar-refractivity contribution in [2.24, 2.45) is 0 Å². The van der Waals surface area contributed by atoms with Gasteiger partial charge in [-0.3, -0.25) is 4.98 Å². The molecule has 32 heavy (non-hydrogen) atoms. The normalized spacial score (nSPS) is 12.2. The minimum absolute atomic E-state index is 0.0380. The average molecular weight is 462 g/mol. The number of rotatable bonds is 4. The maximum atomic E-state index is 14.3. The standard InChI is InChI=1S/C22H16ClF4N5/c1-21(2,15-6-3-5-14(28-15)13-9-10-18(23)30-20(13)24)16-7-4-8-19(29-16)32-12-11-17(31-32)22(25,26)27/h3-12H,1-2H3. The van der Waals surface area contributed by atoms with Crippen molar-refractivity contribution in [1.82, 2.24) is 24.7 Å². The van der Waals surface area contributed by atoms with Crippen molar-refractivity contribution in [2.45, 2.75) is 25.4 Å². The van der Waals surface area contributed by atoms with E-state index in [4.69, 9.17) is 11.6 Å². The largest absolute Gasteiger partial charge is 0.435 e. The molecule has 4 rings (SSSR count). The van der Waals surface area contributed by atoms with Crippen molar-refractivity contribution in [3.05, 3.63) is 89.0 Å². The predicted octanol–water partition coefficient (Wildman–Crippen LogP) is 5.86. The molecule has 0 spiro atoms. The lowest BCUT2D eigenvalue weighted by Gasteiger charge is -2.24. The van der Waals surface area contributed by atoms with Crippen molar-refractivity contribution in [1.29, 1.82) is 0 Å². The first-order valence-corrected chi connectivity index (χ1v) is 9.84. The van der Waals surface area contributed by atoms with Gasteiger partial charge >= 0.3 is 6.18 Å². The first-order chi connectivity index (χ1) is 15.1. The van der Waals surface area contributed by atoms with Gasteiger partial charge in [0.05, 0.1) is 22.6 Å². The molecule has 0 aliphatic carbocycles. The molecule has 4 aromatic rings. The van der Waals surface area contributed by atoms with Gasteiger partial charge in [-0.2, -0.15) is 22.7 Å².